The fourth-order valence-electron chi connectivity index (χ4n) is 2.33. The van der Waals surface area contributed by atoms with Crippen molar-refractivity contribution in [2.45, 2.75) is 92.9 Å². The average Bonchev–Trinajstić information content (AvgIpc) is 2.39. The Bertz CT molecular complexity index is 136. The summed E-state index contributed by atoms with van der Waals surface area (Å²) in [5.74, 6) is 2.05. The van der Waals surface area contributed by atoms with Crippen molar-refractivity contribution in [1.82, 2.24) is 0 Å². The third-order valence-electron chi connectivity index (χ3n) is 3.59. The Morgan fingerprint density at radius 3 is 1.67 bits per heavy atom. The highest BCUT2D eigenvalue weighted by molar-refractivity contribution is 7.80. The average molecular weight is 275 g/mol. The van der Waals surface area contributed by atoms with E-state index in [4.69, 9.17) is 0 Å². The van der Waals surface area contributed by atoms with Gasteiger partial charge in [-0.1, -0.05) is 73.6 Å². The summed E-state index contributed by atoms with van der Waals surface area (Å²) in [6.45, 7) is 13.3. The minimum atomic E-state index is 0.570. The van der Waals surface area contributed by atoms with Crippen molar-refractivity contribution in [2.24, 2.45) is 11.3 Å². The normalized spacial score (nSPS) is 16.2. The molecular formula is C17H38S. The molecule has 0 aromatic rings. The predicted octanol–water partition coefficient (Wildman–Crippen LogP) is 6.75. The molecule has 1 saturated carbocycles. The highest BCUT2D eigenvalue weighted by Gasteiger charge is 2.25. The first-order valence-corrected chi connectivity index (χ1v) is 8.76. The number of unbranched alkanes of at least 4 members (excludes halogenated alkanes) is 2. The van der Waals surface area contributed by atoms with Gasteiger partial charge in [0.15, 0.2) is 0 Å². The van der Waals surface area contributed by atoms with Gasteiger partial charge in [0.05, 0.1) is 0 Å². The van der Waals surface area contributed by atoms with Crippen LogP contribution in [0.5, 0.6) is 0 Å². The minimum absolute atomic E-state index is 0.570. The molecule has 1 fully saturated rings. The summed E-state index contributed by atoms with van der Waals surface area (Å²) in [4.78, 5) is 0. The van der Waals surface area contributed by atoms with Crippen molar-refractivity contribution >= 4 is 12.6 Å². The second kappa shape index (κ2) is 13.8. The molecule has 1 aliphatic carbocycles. The van der Waals surface area contributed by atoms with Crippen LogP contribution in [0, 0.1) is 11.3 Å². The molecule has 0 heterocycles. The topological polar surface area (TPSA) is 0 Å². The Kier molecular flexibility index (Phi) is 15.8. The molecule has 18 heavy (non-hydrogen) atoms. The molecule has 0 N–H and O–H groups in total. The zero-order chi connectivity index (χ0) is 14.4. The molecule has 0 amide bonds. The van der Waals surface area contributed by atoms with Crippen molar-refractivity contribution in [3.63, 3.8) is 0 Å². The van der Waals surface area contributed by atoms with Gasteiger partial charge in [0, 0.05) is 0 Å². The molecule has 0 nitrogen and oxygen atoms in total. The molecule has 1 heteroatoms. The first-order chi connectivity index (χ1) is 8.52. The van der Waals surface area contributed by atoms with Gasteiger partial charge in [-0.2, -0.15) is 12.6 Å². The van der Waals surface area contributed by atoms with E-state index in [0.29, 0.717) is 5.41 Å². The molecule has 0 radical (unpaired) electrons. The Labute approximate surface area is 123 Å². The molecular weight excluding hydrogens is 236 g/mol. The molecule has 0 unspecified atom stereocenters. The summed E-state index contributed by atoms with van der Waals surface area (Å²) >= 11 is 4.05. The molecule has 0 aliphatic heterocycles. The van der Waals surface area contributed by atoms with Gasteiger partial charge in [-0.05, 0) is 36.3 Å². The fourth-order valence-corrected chi connectivity index (χ4v) is 2.55. The van der Waals surface area contributed by atoms with Crippen molar-refractivity contribution in [3.8, 4) is 0 Å². The van der Waals surface area contributed by atoms with Crippen molar-refractivity contribution in [3.05, 3.63) is 0 Å². The zero-order valence-electron chi connectivity index (χ0n) is 13.9. The predicted molar refractivity (Wildman–Crippen MR) is 90.8 cm³/mol. The Hall–Kier alpha value is 0.350. The van der Waals surface area contributed by atoms with Gasteiger partial charge in [-0.3, -0.25) is 0 Å². The standard InChI is InChI=1S/C10H20.C5H12S.C2H6/c1-10(2,3)9-7-5-4-6-8-9;1-2-3-4-5-6;1-2/h9H,4-8H2,1-3H3;6H,2-5H2,1H3;1-2H3. The number of thiol groups is 1. The second-order valence-corrected chi connectivity index (χ2v) is 6.58. The molecule has 0 bridgehead atoms. The lowest BCUT2D eigenvalue weighted by Gasteiger charge is -2.33. The van der Waals surface area contributed by atoms with E-state index in [0.717, 1.165) is 11.7 Å². The largest absolute Gasteiger partial charge is 0.179 e. The van der Waals surface area contributed by atoms with Crippen LogP contribution < -0.4 is 0 Å². The first-order valence-electron chi connectivity index (χ1n) is 8.13. The maximum absolute atomic E-state index is 4.05. The van der Waals surface area contributed by atoms with Crippen molar-refractivity contribution < 1.29 is 0 Å². The highest BCUT2D eigenvalue weighted by Crippen LogP contribution is 2.37. The maximum Gasteiger partial charge on any atom is -0.00979 e. The van der Waals surface area contributed by atoms with Crippen LogP contribution in [0.2, 0.25) is 0 Å². The highest BCUT2D eigenvalue weighted by atomic mass is 32.1. The molecule has 1 aliphatic rings. The van der Waals surface area contributed by atoms with Gasteiger partial charge in [0.25, 0.3) is 0 Å². The molecule has 0 saturated heterocycles. The van der Waals surface area contributed by atoms with Crippen LogP contribution in [0.15, 0.2) is 0 Å². The molecule has 0 spiro atoms. The minimum Gasteiger partial charge on any atom is -0.179 e. The van der Waals surface area contributed by atoms with E-state index in [-0.39, 0.29) is 0 Å². The summed E-state index contributed by atoms with van der Waals surface area (Å²) in [7, 11) is 0. The Balaban J connectivity index is 0. The fraction of sp³-hybridized carbons (Fsp3) is 1.00. The monoisotopic (exact) mass is 274 g/mol. The quantitative estimate of drug-likeness (QED) is 0.427. The van der Waals surface area contributed by atoms with Crippen LogP contribution in [0.3, 0.4) is 0 Å². The first kappa shape index (κ1) is 20.7. The molecule has 1 rings (SSSR count). The van der Waals surface area contributed by atoms with Crippen LogP contribution in [-0.4, -0.2) is 5.75 Å². The van der Waals surface area contributed by atoms with E-state index < -0.39 is 0 Å². The lowest BCUT2D eigenvalue weighted by Crippen LogP contribution is -2.22. The zero-order valence-corrected chi connectivity index (χ0v) is 14.8. The summed E-state index contributed by atoms with van der Waals surface area (Å²) in [6.07, 6.45) is 11.3. The van der Waals surface area contributed by atoms with Gasteiger partial charge < -0.3 is 0 Å². The van der Waals surface area contributed by atoms with E-state index in [2.05, 4.69) is 40.3 Å². The number of hydrogen-bond donors (Lipinski definition) is 1. The van der Waals surface area contributed by atoms with Gasteiger partial charge in [-0.15, -0.1) is 0 Å². The van der Waals surface area contributed by atoms with E-state index in [1.54, 1.807) is 0 Å². The lowest BCUT2D eigenvalue weighted by molar-refractivity contribution is 0.180. The van der Waals surface area contributed by atoms with E-state index >= 15 is 0 Å². The van der Waals surface area contributed by atoms with E-state index in [9.17, 15) is 0 Å². The number of hydrogen-bond acceptors (Lipinski definition) is 1. The summed E-state index contributed by atoms with van der Waals surface area (Å²) < 4.78 is 0. The van der Waals surface area contributed by atoms with E-state index in [1.165, 1.54) is 51.4 Å². The Morgan fingerprint density at radius 2 is 1.44 bits per heavy atom. The van der Waals surface area contributed by atoms with Crippen molar-refractivity contribution in [2.75, 3.05) is 5.75 Å². The molecule has 0 aromatic heterocycles. The third kappa shape index (κ3) is 12.8. The smallest absolute Gasteiger partial charge is 0.00979 e. The van der Waals surface area contributed by atoms with Crippen molar-refractivity contribution in [1.29, 1.82) is 0 Å². The van der Waals surface area contributed by atoms with Crippen LogP contribution in [0.1, 0.15) is 92.9 Å². The number of rotatable bonds is 3. The SMILES string of the molecule is CC.CC(C)(C)C1CCCCC1.CCCCCS. The molecule has 0 aromatic carbocycles. The van der Waals surface area contributed by atoms with Crippen LogP contribution >= 0.6 is 12.6 Å². The Morgan fingerprint density at radius 1 is 0.944 bits per heavy atom. The van der Waals surface area contributed by atoms with Crippen LogP contribution in [0.4, 0.5) is 0 Å². The third-order valence-corrected chi connectivity index (χ3v) is 3.91. The molecule has 0 atom stereocenters. The summed E-state index contributed by atoms with van der Waals surface area (Å²) in [5.41, 5.74) is 0.570. The summed E-state index contributed by atoms with van der Waals surface area (Å²) in [5, 5.41) is 0. The second-order valence-electron chi connectivity index (χ2n) is 6.13. The molecule has 112 valence electrons. The van der Waals surface area contributed by atoms with E-state index in [1.807, 2.05) is 13.8 Å². The van der Waals surface area contributed by atoms with Gasteiger partial charge in [0.2, 0.25) is 0 Å². The maximum atomic E-state index is 4.05. The lowest BCUT2D eigenvalue weighted by atomic mass is 9.72. The summed E-state index contributed by atoms with van der Waals surface area (Å²) in [6, 6.07) is 0. The van der Waals surface area contributed by atoms with Gasteiger partial charge in [-0.25, -0.2) is 0 Å². The van der Waals surface area contributed by atoms with Crippen LogP contribution in [0.25, 0.3) is 0 Å². The van der Waals surface area contributed by atoms with Gasteiger partial charge >= 0.3 is 0 Å². The van der Waals surface area contributed by atoms with Crippen LogP contribution in [-0.2, 0) is 0 Å². The van der Waals surface area contributed by atoms with Gasteiger partial charge in [0.1, 0.15) is 0 Å².